The van der Waals surface area contributed by atoms with Crippen LogP contribution in [0.25, 0.3) is 22.3 Å². The van der Waals surface area contributed by atoms with E-state index in [0.29, 0.717) is 29.4 Å². The van der Waals surface area contributed by atoms with Crippen LogP contribution in [0.1, 0.15) is 73.8 Å². The highest BCUT2D eigenvalue weighted by atomic mass is 19.1. The van der Waals surface area contributed by atoms with Gasteiger partial charge in [0, 0.05) is 28.8 Å². The number of hydrogen-bond donors (Lipinski definition) is 2. The summed E-state index contributed by atoms with van der Waals surface area (Å²) in [5.74, 6) is -1.86. The van der Waals surface area contributed by atoms with E-state index in [-0.39, 0.29) is 57.7 Å². The largest absolute Gasteiger partial charge is 0.512 e. The van der Waals surface area contributed by atoms with Crippen molar-refractivity contribution in [2.75, 3.05) is 5.73 Å². The van der Waals surface area contributed by atoms with Gasteiger partial charge in [0.2, 0.25) is 0 Å². The number of benzene rings is 2. The van der Waals surface area contributed by atoms with Gasteiger partial charge < -0.3 is 10.8 Å². The number of carbonyl (C=O) groups is 2. The lowest BCUT2D eigenvalue weighted by Gasteiger charge is -2.21. The first-order valence-electron chi connectivity index (χ1n) is 14.8. The standard InChI is InChI=1S/C33H32F2N6O3/c1-18(42)27(26-16-37-26)31(44)19-6-3-2-4-9-23(12-10-19)41-33-28(32(36)38-17-39-33)29(40-41)24-13-11-21(15-25(24)35)30(43)20-7-5-8-22(34)14-20/h5,7-8,11,13-17,19,23,26,44H,2-4,6,9-10,12H2,1H3,(H2,36,38,39). The van der Waals surface area contributed by atoms with Gasteiger partial charge in [0.15, 0.2) is 17.2 Å². The molecule has 0 spiro atoms. The maximum Gasteiger partial charge on any atom is 0.193 e. The summed E-state index contributed by atoms with van der Waals surface area (Å²) in [6.45, 7) is 1.45. The molecule has 1 aliphatic heterocycles. The van der Waals surface area contributed by atoms with E-state index in [2.05, 4.69) is 15.0 Å². The Kier molecular flexibility index (Phi) is 8.03. The van der Waals surface area contributed by atoms with Gasteiger partial charge in [-0.2, -0.15) is 5.10 Å². The van der Waals surface area contributed by atoms with Crippen LogP contribution in [0.3, 0.4) is 0 Å². The van der Waals surface area contributed by atoms with Gasteiger partial charge in [-0.25, -0.2) is 23.4 Å². The molecule has 0 radical (unpaired) electrons. The molecule has 0 saturated heterocycles. The summed E-state index contributed by atoms with van der Waals surface area (Å²) in [6.07, 6.45) is 8.56. The molecule has 6 rings (SSSR count). The summed E-state index contributed by atoms with van der Waals surface area (Å²) >= 11 is 0. The molecule has 3 N–H and O–H groups in total. The minimum absolute atomic E-state index is 0.0708. The second kappa shape index (κ2) is 12.1. The third-order valence-electron chi connectivity index (χ3n) is 8.51. The van der Waals surface area contributed by atoms with Crippen molar-refractivity contribution in [2.45, 2.75) is 64.0 Å². The Morgan fingerprint density at radius 1 is 0.977 bits per heavy atom. The van der Waals surface area contributed by atoms with Gasteiger partial charge in [-0.15, -0.1) is 0 Å². The van der Waals surface area contributed by atoms with E-state index >= 15 is 4.39 Å². The number of carbonyl (C=O) groups excluding carboxylic acids is 2. The monoisotopic (exact) mass is 598 g/mol. The zero-order valence-electron chi connectivity index (χ0n) is 24.2. The number of halogens is 2. The summed E-state index contributed by atoms with van der Waals surface area (Å²) in [4.78, 5) is 37.9. The quantitative estimate of drug-likeness (QED) is 0.144. The average molecular weight is 599 g/mol. The van der Waals surface area contributed by atoms with Crippen molar-refractivity contribution < 1.29 is 23.5 Å². The third kappa shape index (κ3) is 5.73. The number of aliphatic imine (C=N–C) groups is 1. The number of hydrogen-bond acceptors (Lipinski definition) is 8. The molecule has 3 unspecified atom stereocenters. The number of nitrogens with two attached hydrogens (primary N) is 1. The highest BCUT2D eigenvalue weighted by Gasteiger charge is 2.31. The third-order valence-corrected chi connectivity index (χ3v) is 8.51. The summed E-state index contributed by atoms with van der Waals surface area (Å²) in [5, 5.41) is 16.4. The Labute approximate surface area is 252 Å². The maximum absolute atomic E-state index is 15.7. The predicted molar refractivity (Wildman–Crippen MR) is 162 cm³/mol. The number of aliphatic hydroxyl groups excluding tert-OH is 1. The van der Waals surface area contributed by atoms with Gasteiger partial charge in [0.05, 0.1) is 17.0 Å². The van der Waals surface area contributed by atoms with Crippen LogP contribution in [0.2, 0.25) is 0 Å². The second-order valence-corrected chi connectivity index (χ2v) is 11.4. The zero-order chi connectivity index (χ0) is 31.0. The van der Waals surface area contributed by atoms with E-state index in [9.17, 15) is 19.1 Å². The Bertz CT molecular complexity index is 1830. The molecule has 0 amide bonds. The molecule has 2 aliphatic rings. The topological polar surface area (TPSA) is 136 Å². The molecule has 1 aliphatic carbocycles. The van der Waals surface area contributed by atoms with Crippen LogP contribution in [0.4, 0.5) is 14.6 Å². The van der Waals surface area contributed by atoms with Gasteiger partial charge in [0.1, 0.15) is 41.3 Å². The van der Waals surface area contributed by atoms with Crippen molar-refractivity contribution in [3.05, 3.63) is 82.9 Å². The molecule has 1 saturated carbocycles. The summed E-state index contributed by atoms with van der Waals surface area (Å²) in [6, 6.07) is 8.83. The van der Waals surface area contributed by atoms with Gasteiger partial charge in [-0.3, -0.25) is 14.6 Å². The number of ketones is 2. The van der Waals surface area contributed by atoms with E-state index in [4.69, 9.17) is 10.8 Å². The van der Waals surface area contributed by atoms with Gasteiger partial charge in [0.25, 0.3) is 0 Å². The first kappa shape index (κ1) is 29.3. The molecular formula is C33H32F2N6O3. The van der Waals surface area contributed by atoms with Gasteiger partial charge in [-0.05, 0) is 56.9 Å². The molecule has 3 heterocycles. The van der Waals surface area contributed by atoms with Crippen molar-refractivity contribution in [2.24, 2.45) is 10.9 Å². The van der Waals surface area contributed by atoms with Crippen LogP contribution in [0.5, 0.6) is 0 Å². The fourth-order valence-corrected chi connectivity index (χ4v) is 6.18. The SMILES string of the molecule is CC(=O)C(=C(O)C1CCCCCC(n2nc(-c3ccc(C(=O)c4cccc(F)c4)cc3F)c3c(N)ncnc32)CC1)C1C=N1. The first-order valence-corrected chi connectivity index (χ1v) is 14.8. The number of Topliss-reactive ketones (excluding diaryl/α,β-unsaturated/α-hetero) is 1. The molecule has 0 bridgehead atoms. The molecule has 226 valence electrons. The minimum Gasteiger partial charge on any atom is -0.512 e. The van der Waals surface area contributed by atoms with Crippen molar-refractivity contribution in [3.63, 3.8) is 0 Å². The predicted octanol–water partition coefficient (Wildman–Crippen LogP) is 6.34. The summed E-state index contributed by atoms with van der Waals surface area (Å²) in [5.41, 5.74) is 7.69. The molecule has 2 aromatic heterocycles. The van der Waals surface area contributed by atoms with Crippen molar-refractivity contribution >= 4 is 34.6 Å². The smallest absolute Gasteiger partial charge is 0.193 e. The fraction of sp³-hybridized carbons (Fsp3) is 0.333. The molecule has 9 nitrogen and oxygen atoms in total. The average Bonchev–Trinajstić information content (AvgIpc) is 3.72. The number of anilines is 1. The fourth-order valence-electron chi connectivity index (χ4n) is 6.18. The van der Waals surface area contributed by atoms with E-state index in [1.807, 2.05) is 0 Å². The van der Waals surface area contributed by atoms with Crippen LogP contribution in [-0.4, -0.2) is 48.7 Å². The van der Waals surface area contributed by atoms with E-state index in [1.54, 1.807) is 10.9 Å². The van der Waals surface area contributed by atoms with Crippen molar-refractivity contribution in [1.29, 1.82) is 0 Å². The molecule has 4 aromatic rings. The number of allylic oxidation sites excluding steroid dienone is 1. The number of nitrogens with zero attached hydrogens (tertiary/aromatic N) is 5. The summed E-state index contributed by atoms with van der Waals surface area (Å²) in [7, 11) is 0. The Balaban J connectivity index is 1.35. The van der Waals surface area contributed by atoms with Crippen LogP contribution >= 0.6 is 0 Å². The van der Waals surface area contributed by atoms with E-state index in [1.165, 1.54) is 43.6 Å². The highest BCUT2D eigenvalue weighted by Crippen LogP contribution is 2.38. The Hall–Kier alpha value is -4.80. The number of aromatic nitrogens is 4. The highest BCUT2D eigenvalue weighted by molar-refractivity contribution is 6.09. The Morgan fingerprint density at radius 3 is 2.48 bits per heavy atom. The molecule has 1 fully saturated rings. The van der Waals surface area contributed by atoms with Gasteiger partial charge >= 0.3 is 0 Å². The minimum atomic E-state index is -0.689. The lowest BCUT2D eigenvalue weighted by atomic mass is 9.89. The lowest BCUT2D eigenvalue weighted by Crippen LogP contribution is -2.17. The zero-order valence-corrected chi connectivity index (χ0v) is 24.2. The van der Waals surface area contributed by atoms with Crippen LogP contribution in [0.15, 0.2) is 65.1 Å². The van der Waals surface area contributed by atoms with Gasteiger partial charge in [-0.1, -0.05) is 37.5 Å². The van der Waals surface area contributed by atoms with E-state index in [0.717, 1.165) is 44.2 Å². The normalized spacial score (nSPS) is 20.8. The van der Waals surface area contributed by atoms with Crippen LogP contribution in [0, 0.1) is 17.6 Å². The number of aliphatic hydroxyl groups is 1. The summed E-state index contributed by atoms with van der Waals surface area (Å²) < 4.78 is 31.2. The van der Waals surface area contributed by atoms with Crippen molar-refractivity contribution in [1.82, 2.24) is 19.7 Å². The molecule has 44 heavy (non-hydrogen) atoms. The van der Waals surface area contributed by atoms with Crippen molar-refractivity contribution in [3.8, 4) is 11.3 Å². The first-order chi connectivity index (χ1) is 21.2. The van der Waals surface area contributed by atoms with E-state index < -0.39 is 17.4 Å². The lowest BCUT2D eigenvalue weighted by molar-refractivity contribution is -0.113. The number of rotatable bonds is 7. The molecule has 11 heteroatoms. The van der Waals surface area contributed by atoms with Crippen LogP contribution in [-0.2, 0) is 4.79 Å². The molecular weight excluding hydrogens is 566 g/mol. The Morgan fingerprint density at radius 2 is 1.75 bits per heavy atom. The maximum atomic E-state index is 15.7. The van der Waals surface area contributed by atoms with Crippen LogP contribution < -0.4 is 5.73 Å². The number of nitrogen functional groups attached to an aromatic ring is 1. The molecule has 2 aromatic carbocycles. The second-order valence-electron chi connectivity index (χ2n) is 11.4. The number of fused-ring (bicyclic) bond motifs is 1. The molecule has 3 atom stereocenters.